The molecule has 9 heteroatoms. The zero-order valence-corrected chi connectivity index (χ0v) is 19.2. The molecule has 0 bridgehead atoms. The number of H-pyrrole nitrogens is 1. The van der Waals surface area contributed by atoms with E-state index >= 15 is 0 Å². The smallest absolute Gasteiger partial charge is 0.274 e. The van der Waals surface area contributed by atoms with Gasteiger partial charge in [-0.15, -0.1) is 0 Å². The molecule has 9 nitrogen and oxygen atoms in total. The fraction of sp³-hybridized carbons (Fsp3) is 0.478. The molecular formula is C23H31N7O2. The van der Waals surface area contributed by atoms with Crippen molar-refractivity contribution in [2.24, 2.45) is 0 Å². The number of nitrogens with zero attached hydrogens (tertiary/aromatic N) is 5. The maximum absolute atomic E-state index is 12.6. The highest BCUT2D eigenvalue weighted by atomic mass is 16.2. The van der Waals surface area contributed by atoms with Gasteiger partial charge < -0.3 is 10.2 Å². The summed E-state index contributed by atoms with van der Waals surface area (Å²) in [5, 5.41) is 6.22. The first-order valence-corrected chi connectivity index (χ1v) is 11.0. The van der Waals surface area contributed by atoms with Crippen LogP contribution in [-0.4, -0.2) is 61.5 Å². The molecule has 1 aliphatic heterocycles. The average Bonchev–Trinajstić information content (AvgIpc) is 3.16. The first-order valence-electron chi connectivity index (χ1n) is 11.0. The van der Waals surface area contributed by atoms with E-state index in [0.29, 0.717) is 43.6 Å². The Hall–Kier alpha value is -3.20. The van der Waals surface area contributed by atoms with Crippen LogP contribution in [0.25, 0.3) is 5.78 Å². The Labute approximate surface area is 187 Å². The number of aromatic amines is 1. The molecule has 2 aromatic heterocycles. The van der Waals surface area contributed by atoms with E-state index in [0.717, 1.165) is 18.7 Å². The van der Waals surface area contributed by atoms with Crippen molar-refractivity contribution in [3.8, 4) is 0 Å². The topological polar surface area (TPSA) is 98.6 Å². The van der Waals surface area contributed by atoms with Crippen molar-refractivity contribution in [1.82, 2.24) is 29.4 Å². The highest BCUT2D eigenvalue weighted by molar-refractivity contribution is 5.73. The van der Waals surface area contributed by atoms with Gasteiger partial charge in [-0.25, -0.2) is 4.98 Å². The molecule has 1 aromatic carbocycles. The number of nitrogens with one attached hydrogen (secondary N) is 2. The Morgan fingerprint density at radius 3 is 2.41 bits per heavy atom. The number of rotatable bonds is 5. The quantitative estimate of drug-likeness (QED) is 0.633. The minimum Gasteiger partial charge on any atom is -0.351 e. The fourth-order valence-electron chi connectivity index (χ4n) is 3.85. The molecule has 0 aliphatic carbocycles. The van der Waals surface area contributed by atoms with Gasteiger partial charge in [0.05, 0.1) is 5.69 Å². The minimum atomic E-state index is -0.192. The van der Waals surface area contributed by atoms with Gasteiger partial charge >= 0.3 is 0 Å². The first-order chi connectivity index (χ1) is 15.2. The molecule has 170 valence electrons. The summed E-state index contributed by atoms with van der Waals surface area (Å²) in [6.07, 6.45) is 0. The normalized spacial score (nSPS) is 15.3. The predicted octanol–water partition coefficient (Wildman–Crippen LogP) is 1.99. The molecule has 3 aromatic rings. The summed E-state index contributed by atoms with van der Waals surface area (Å²) < 4.78 is 1.35. The van der Waals surface area contributed by atoms with Crippen molar-refractivity contribution in [2.75, 3.05) is 31.5 Å². The number of benzene rings is 1. The maximum Gasteiger partial charge on any atom is 0.274 e. The van der Waals surface area contributed by atoms with E-state index in [9.17, 15) is 9.59 Å². The van der Waals surface area contributed by atoms with E-state index < -0.39 is 0 Å². The molecular weight excluding hydrogens is 406 g/mol. The number of aromatic nitrogens is 4. The van der Waals surface area contributed by atoms with Gasteiger partial charge in [0, 0.05) is 52.3 Å². The second-order valence-corrected chi connectivity index (χ2v) is 9.38. The summed E-state index contributed by atoms with van der Waals surface area (Å²) in [7, 11) is 0. The van der Waals surface area contributed by atoms with Crippen molar-refractivity contribution >= 4 is 17.6 Å². The van der Waals surface area contributed by atoms with E-state index in [4.69, 9.17) is 0 Å². The van der Waals surface area contributed by atoms with Crippen molar-refractivity contribution in [3.05, 3.63) is 57.5 Å². The summed E-state index contributed by atoms with van der Waals surface area (Å²) >= 11 is 0. The van der Waals surface area contributed by atoms with Crippen LogP contribution in [0.5, 0.6) is 0 Å². The van der Waals surface area contributed by atoms with Crippen LogP contribution < -0.4 is 10.9 Å². The second kappa shape index (κ2) is 8.74. The molecule has 4 rings (SSSR count). The molecule has 0 spiro atoms. The van der Waals surface area contributed by atoms with Gasteiger partial charge in [-0.2, -0.15) is 9.50 Å². The molecule has 1 aliphatic rings. The van der Waals surface area contributed by atoms with Gasteiger partial charge in [0.1, 0.15) is 0 Å². The van der Waals surface area contributed by atoms with Crippen LogP contribution in [0, 0.1) is 0 Å². The van der Waals surface area contributed by atoms with Gasteiger partial charge in [-0.05, 0) is 16.5 Å². The molecule has 2 N–H and O–H groups in total. The summed E-state index contributed by atoms with van der Waals surface area (Å²) in [6, 6.07) is 10.0. The molecule has 0 unspecified atom stereocenters. The highest BCUT2D eigenvalue weighted by Gasteiger charge is 2.19. The number of piperazine rings is 1. The van der Waals surface area contributed by atoms with Crippen LogP contribution in [0.2, 0.25) is 0 Å². The van der Waals surface area contributed by atoms with E-state index in [2.05, 4.69) is 70.3 Å². The maximum atomic E-state index is 12.6. The molecule has 3 heterocycles. The fourth-order valence-corrected chi connectivity index (χ4v) is 3.85. The predicted molar refractivity (Wildman–Crippen MR) is 124 cm³/mol. The second-order valence-electron chi connectivity index (χ2n) is 9.38. The number of hydrogen-bond donors (Lipinski definition) is 2. The zero-order chi connectivity index (χ0) is 22.9. The molecule has 0 saturated carbocycles. The zero-order valence-electron chi connectivity index (χ0n) is 19.2. The van der Waals surface area contributed by atoms with E-state index in [1.807, 2.05) is 4.90 Å². The van der Waals surface area contributed by atoms with Crippen LogP contribution in [0.15, 0.2) is 35.1 Å². The third-order valence-electron chi connectivity index (χ3n) is 5.87. The Morgan fingerprint density at radius 2 is 1.78 bits per heavy atom. The standard InChI is InChI=1S/C23H31N7O2/c1-16(31)29-11-9-28(10-12-29)15-19-13-20(32)30-22(25-19)26-21(27-30)24-14-17-5-7-18(8-6-17)23(2,3)4/h5-8,13H,9-12,14-15H2,1-4H3,(H2,24,25,26,27). The van der Waals surface area contributed by atoms with Crippen LogP contribution >= 0.6 is 0 Å². The third kappa shape index (κ3) is 4.99. The number of carbonyl (C=O) groups is 1. The Kier molecular flexibility index (Phi) is 6.01. The lowest BCUT2D eigenvalue weighted by Crippen LogP contribution is -2.47. The van der Waals surface area contributed by atoms with Crippen LogP contribution in [0.1, 0.15) is 44.5 Å². The van der Waals surface area contributed by atoms with Crippen LogP contribution in [-0.2, 0) is 23.3 Å². The van der Waals surface area contributed by atoms with Crippen molar-refractivity contribution in [3.63, 3.8) is 0 Å². The van der Waals surface area contributed by atoms with E-state index in [1.165, 1.54) is 16.1 Å². The SMILES string of the molecule is CC(=O)N1CCN(Cc2cc(=O)n3[nH]c(NCc4ccc(C(C)(C)C)cc4)nc3n2)CC1. The molecule has 1 saturated heterocycles. The van der Waals surface area contributed by atoms with Crippen LogP contribution in [0.3, 0.4) is 0 Å². The summed E-state index contributed by atoms with van der Waals surface area (Å²) in [5.41, 5.74) is 3.03. The minimum absolute atomic E-state index is 0.101. The average molecular weight is 438 g/mol. The van der Waals surface area contributed by atoms with Gasteiger partial charge in [0.2, 0.25) is 11.9 Å². The Balaban J connectivity index is 1.41. The van der Waals surface area contributed by atoms with E-state index in [-0.39, 0.29) is 16.9 Å². The lowest BCUT2D eigenvalue weighted by molar-refractivity contribution is -0.130. The Bertz CT molecular complexity index is 1150. The molecule has 0 radical (unpaired) electrons. The Morgan fingerprint density at radius 1 is 1.09 bits per heavy atom. The molecule has 0 atom stereocenters. The number of fused-ring (bicyclic) bond motifs is 1. The van der Waals surface area contributed by atoms with E-state index in [1.54, 1.807) is 6.92 Å². The summed E-state index contributed by atoms with van der Waals surface area (Å²) in [5.74, 6) is 0.950. The van der Waals surface area contributed by atoms with Gasteiger partial charge in [0.15, 0.2) is 0 Å². The number of anilines is 1. The van der Waals surface area contributed by atoms with Gasteiger partial charge in [-0.3, -0.25) is 19.6 Å². The number of amides is 1. The van der Waals surface area contributed by atoms with Gasteiger partial charge in [-0.1, -0.05) is 45.0 Å². The first kappa shape index (κ1) is 22.0. The summed E-state index contributed by atoms with van der Waals surface area (Å²) in [6.45, 7) is 12.3. The molecule has 32 heavy (non-hydrogen) atoms. The van der Waals surface area contributed by atoms with Crippen molar-refractivity contribution in [1.29, 1.82) is 0 Å². The van der Waals surface area contributed by atoms with Crippen molar-refractivity contribution in [2.45, 2.75) is 46.2 Å². The largest absolute Gasteiger partial charge is 0.351 e. The van der Waals surface area contributed by atoms with Gasteiger partial charge in [0.25, 0.3) is 11.3 Å². The van der Waals surface area contributed by atoms with Crippen LogP contribution in [0.4, 0.5) is 5.95 Å². The monoisotopic (exact) mass is 437 g/mol. The number of carbonyl (C=O) groups excluding carboxylic acids is 1. The molecule has 1 fully saturated rings. The lowest BCUT2D eigenvalue weighted by Gasteiger charge is -2.33. The number of hydrogen-bond acceptors (Lipinski definition) is 6. The summed E-state index contributed by atoms with van der Waals surface area (Å²) in [4.78, 5) is 37.1. The lowest BCUT2D eigenvalue weighted by atomic mass is 9.87. The van der Waals surface area contributed by atoms with Crippen molar-refractivity contribution < 1.29 is 4.79 Å². The third-order valence-corrected chi connectivity index (χ3v) is 5.87. The highest BCUT2D eigenvalue weighted by Crippen LogP contribution is 2.22. The molecule has 1 amide bonds.